The molecule has 1 aromatic heterocycles. The Labute approximate surface area is 134 Å². The molecule has 0 aliphatic heterocycles. The highest BCUT2D eigenvalue weighted by Crippen LogP contribution is 2.23. The second-order valence-corrected chi connectivity index (χ2v) is 6.37. The summed E-state index contributed by atoms with van der Waals surface area (Å²) in [5, 5.41) is 0. The number of anilines is 1. The fraction of sp³-hybridized carbons (Fsp3) is 0.267. The van der Waals surface area contributed by atoms with Gasteiger partial charge >= 0.3 is 5.97 Å². The van der Waals surface area contributed by atoms with Gasteiger partial charge in [0.1, 0.15) is 17.1 Å². The number of sulfonamides is 1. The quantitative estimate of drug-likeness (QED) is 0.814. The van der Waals surface area contributed by atoms with Crippen LogP contribution in [-0.2, 0) is 21.8 Å². The minimum absolute atomic E-state index is 0.0642. The predicted octanol–water partition coefficient (Wildman–Crippen LogP) is 2.01. The lowest BCUT2D eigenvalue weighted by Gasteiger charge is -2.11. The van der Waals surface area contributed by atoms with Crippen LogP contribution in [0.1, 0.15) is 17.3 Å². The van der Waals surface area contributed by atoms with E-state index in [0.29, 0.717) is 5.75 Å². The van der Waals surface area contributed by atoms with Crippen LogP contribution in [0, 0.1) is 0 Å². The van der Waals surface area contributed by atoms with Crippen LogP contribution in [0.25, 0.3) is 0 Å². The molecule has 8 heteroatoms. The minimum Gasteiger partial charge on any atom is -0.497 e. The molecule has 23 heavy (non-hydrogen) atoms. The maximum Gasteiger partial charge on any atom is 0.341 e. The van der Waals surface area contributed by atoms with Gasteiger partial charge in [-0.3, -0.25) is 4.72 Å². The molecule has 124 valence electrons. The van der Waals surface area contributed by atoms with Gasteiger partial charge < -0.3 is 14.0 Å². The average Bonchev–Trinajstić information content (AvgIpc) is 2.88. The highest BCUT2D eigenvalue weighted by molar-refractivity contribution is 7.92. The van der Waals surface area contributed by atoms with Crippen LogP contribution in [0.15, 0.2) is 41.4 Å². The third kappa shape index (κ3) is 3.65. The zero-order valence-corrected chi connectivity index (χ0v) is 13.9. The standard InChI is InChI=1S/C15H18N2O5S/c1-4-22-15(18)13-9-10-17(2)14(13)16-23(19,20)12-7-5-11(21-3)6-8-12/h5-10,16H,4H2,1-3H3. The summed E-state index contributed by atoms with van der Waals surface area (Å²) in [5.74, 6) is 0.120. The maximum absolute atomic E-state index is 12.5. The van der Waals surface area contributed by atoms with E-state index in [9.17, 15) is 13.2 Å². The van der Waals surface area contributed by atoms with Gasteiger partial charge in [-0.1, -0.05) is 0 Å². The van der Waals surface area contributed by atoms with Crippen LogP contribution in [0.5, 0.6) is 5.75 Å². The van der Waals surface area contributed by atoms with Gasteiger partial charge in [0.15, 0.2) is 0 Å². The van der Waals surface area contributed by atoms with E-state index in [1.165, 1.54) is 29.9 Å². The second-order valence-electron chi connectivity index (χ2n) is 4.69. The predicted molar refractivity (Wildman–Crippen MR) is 85.2 cm³/mol. The van der Waals surface area contributed by atoms with Gasteiger partial charge in [0.2, 0.25) is 0 Å². The van der Waals surface area contributed by atoms with Crippen LogP contribution in [0.4, 0.5) is 5.82 Å². The summed E-state index contributed by atoms with van der Waals surface area (Å²) in [6, 6.07) is 7.45. The van der Waals surface area contributed by atoms with E-state index < -0.39 is 16.0 Å². The van der Waals surface area contributed by atoms with Crippen molar-refractivity contribution in [3.05, 3.63) is 42.1 Å². The van der Waals surface area contributed by atoms with Gasteiger partial charge in [0.05, 0.1) is 18.6 Å². The van der Waals surface area contributed by atoms with Crippen LogP contribution < -0.4 is 9.46 Å². The van der Waals surface area contributed by atoms with Crippen molar-refractivity contribution in [2.45, 2.75) is 11.8 Å². The van der Waals surface area contributed by atoms with Crippen LogP contribution >= 0.6 is 0 Å². The zero-order valence-electron chi connectivity index (χ0n) is 13.1. The van der Waals surface area contributed by atoms with Crippen molar-refractivity contribution in [1.29, 1.82) is 0 Å². The Hall–Kier alpha value is -2.48. The molecular formula is C15H18N2O5S. The van der Waals surface area contributed by atoms with Crippen molar-refractivity contribution < 1.29 is 22.7 Å². The molecule has 2 rings (SSSR count). The average molecular weight is 338 g/mol. The fourth-order valence-electron chi connectivity index (χ4n) is 1.97. The first-order valence-electron chi connectivity index (χ1n) is 6.88. The molecule has 0 saturated heterocycles. The van der Waals surface area contributed by atoms with E-state index in [-0.39, 0.29) is 22.9 Å². The molecule has 7 nitrogen and oxygen atoms in total. The zero-order chi connectivity index (χ0) is 17.0. The summed E-state index contributed by atoms with van der Waals surface area (Å²) in [4.78, 5) is 12.0. The summed E-state index contributed by atoms with van der Waals surface area (Å²) in [6.45, 7) is 1.89. The van der Waals surface area contributed by atoms with Crippen molar-refractivity contribution in [3.63, 3.8) is 0 Å². The molecule has 2 aromatic rings. The molecule has 0 aliphatic carbocycles. The van der Waals surface area contributed by atoms with E-state index in [2.05, 4.69) is 4.72 Å². The first kappa shape index (κ1) is 16.9. The molecule has 0 aliphatic rings. The fourth-order valence-corrected chi connectivity index (χ4v) is 3.09. The van der Waals surface area contributed by atoms with E-state index in [1.54, 1.807) is 32.3 Å². The normalized spacial score (nSPS) is 11.1. The van der Waals surface area contributed by atoms with Crippen LogP contribution in [-0.4, -0.2) is 32.7 Å². The molecule has 0 bridgehead atoms. The van der Waals surface area contributed by atoms with E-state index in [1.807, 2.05) is 0 Å². The number of methoxy groups -OCH3 is 1. The number of esters is 1. The molecule has 0 fully saturated rings. The van der Waals surface area contributed by atoms with Gasteiger partial charge in [-0.2, -0.15) is 0 Å². The molecule has 0 radical (unpaired) electrons. The Bertz CT molecular complexity index is 794. The Balaban J connectivity index is 2.33. The number of carbonyl (C=O) groups excluding carboxylic acids is 1. The minimum atomic E-state index is -3.84. The SMILES string of the molecule is CCOC(=O)c1ccn(C)c1NS(=O)(=O)c1ccc(OC)cc1. The molecule has 1 aromatic carbocycles. The first-order chi connectivity index (χ1) is 10.9. The number of ether oxygens (including phenoxy) is 2. The van der Waals surface area contributed by atoms with Crippen molar-refractivity contribution in [1.82, 2.24) is 4.57 Å². The number of nitrogens with one attached hydrogen (secondary N) is 1. The smallest absolute Gasteiger partial charge is 0.341 e. The molecule has 0 unspecified atom stereocenters. The third-order valence-electron chi connectivity index (χ3n) is 3.17. The van der Waals surface area contributed by atoms with E-state index >= 15 is 0 Å². The molecular weight excluding hydrogens is 320 g/mol. The maximum atomic E-state index is 12.5. The highest BCUT2D eigenvalue weighted by Gasteiger charge is 2.22. The van der Waals surface area contributed by atoms with Crippen LogP contribution in [0.2, 0.25) is 0 Å². The topological polar surface area (TPSA) is 86.6 Å². The van der Waals surface area contributed by atoms with Gasteiger partial charge in [0, 0.05) is 13.2 Å². The number of benzene rings is 1. The number of hydrogen-bond acceptors (Lipinski definition) is 5. The summed E-state index contributed by atoms with van der Waals surface area (Å²) in [5.41, 5.74) is 0.159. The molecule has 1 N–H and O–H groups in total. The summed E-state index contributed by atoms with van der Waals surface area (Å²) >= 11 is 0. The summed E-state index contributed by atoms with van der Waals surface area (Å²) < 4.78 is 38.8. The number of aromatic nitrogens is 1. The van der Waals surface area contributed by atoms with Crippen molar-refractivity contribution in [2.24, 2.45) is 7.05 Å². The largest absolute Gasteiger partial charge is 0.497 e. The lowest BCUT2D eigenvalue weighted by atomic mass is 10.3. The highest BCUT2D eigenvalue weighted by atomic mass is 32.2. The Morgan fingerprint density at radius 1 is 1.22 bits per heavy atom. The lowest BCUT2D eigenvalue weighted by Crippen LogP contribution is -2.17. The Morgan fingerprint density at radius 3 is 2.43 bits per heavy atom. The van der Waals surface area contributed by atoms with Crippen molar-refractivity contribution in [3.8, 4) is 5.75 Å². The van der Waals surface area contributed by atoms with Gasteiger partial charge in [-0.25, -0.2) is 13.2 Å². The van der Waals surface area contributed by atoms with Crippen molar-refractivity contribution in [2.75, 3.05) is 18.4 Å². The third-order valence-corrected chi connectivity index (χ3v) is 4.52. The monoisotopic (exact) mass is 338 g/mol. The Morgan fingerprint density at radius 2 is 1.87 bits per heavy atom. The first-order valence-corrected chi connectivity index (χ1v) is 8.36. The van der Waals surface area contributed by atoms with Gasteiger partial charge in [0.25, 0.3) is 10.0 Å². The summed E-state index contributed by atoms with van der Waals surface area (Å²) in [7, 11) is -0.705. The number of carbonyl (C=O) groups is 1. The molecule has 1 heterocycles. The lowest BCUT2D eigenvalue weighted by molar-refractivity contribution is 0.0527. The number of hydrogen-bond donors (Lipinski definition) is 1. The number of nitrogens with zero attached hydrogens (tertiary/aromatic N) is 1. The number of aryl methyl sites for hydroxylation is 1. The summed E-state index contributed by atoms with van der Waals surface area (Å²) in [6.07, 6.45) is 1.58. The molecule has 0 atom stereocenters. The molecule has 0 saturated carbocycles. The van der Waals surface area contributed by atoms with E-state index in [4.69, 9.17) is 9.47 Å². The van der Waals surface area contributed by atoms with Gasteiger partial charge in [-0.05, 0) is 37.3 Å². The second kappa shape index (κ2) is 6.74. The number of rotatable bonds is 6. The van der Waals surface area contributed by atoms with Crippen molar-refractivity contribution >= 4 is 21.8 Å². The van der Waals surface area contributed by atoms with Gasteiger partial charge in [-0.15, -0.1) is 0 Å². The Kier molecular flexibility index (Phi) is 4.95. The van der Waals surface area contributed by atoms with E-state index in [0.717, 1.165) is 0 Å². The molecule has 0 amide bonds. The van der Waals surface area contributed by atoms with Crippen LogP contribution in [0.3, 0.4) is 0 Å². The molecule has 0 spiro atoms.